The molecule has 0 N–H and O–H groups in total. The predicted octanol–water partition coefficient (Wildman–Crippen LogP) is 4.62. The standard InChI is InChI=1S/C16H17/c1-12(2)15-10-9-13(3)11-16(15)14-7-5-4-6-8-14/h4-11H,1-3H3. The van der Waals surface area contributed by atoms with Crippen LogP contribution in [0, 0.1) is 12.8 Å². The fourth-order valence-corrected chi connectivity index (χ4v) is 1.95. The summed E-state index contributed by atoms with van der Waals surface area (Å²) >= 11 is 0. The molecule has 0 heterocycles. The van der Waals surface area contributed by atoms with E-state index in [4.69, 9.17) is 0 Å². The Morgan fingerprint density at radius 2 is 1.56 bits per heavy atom. The lowest BCUT2D eigenvalue weighted by molar-refractivity contribution is 1.15. The molecule has 0 saturated carbocycles. The van der Waals surface area contributed by atoms with Crippen LogP contribution in [-0.2, 0) is 0 Å². The monoisotopic (exact) mass is 209 g/mol. The Hall–Kier alpha value is -1.56. The highest BCUT2D eigenvalue weighted by Gasteiger charge is 2.08. The Morgan fingerprint density at radius 3 is 2.19 bits per heavy atom. The third-order valence-corrected chi connectivity index (χ3v) is 2.80. The zero-order chi connectivity index (χ0) is 11.5. The summed E-state index contributed by atoms with van der Waals surface area (Å²) in [5.41, 5.74) is 5.28. The smallest absolute Gasteiger partial charge is 0.000568 e. The molecule has 0 nitrogen and oxygen atoms in total. The number of hydrogen-bond acceptors (Lipinski definition) is 0. The van der Waals surface area contributed by atoms with Gasteiger partial charge in [-0.15, -0.1) is 0 Å². The Balaban J connectivity index is 2.58. The van der Waals surface area contributed by atoms with E-state index in [0.717, 1.165) is 0 Å². The Labute approximate surface area is 97.9 Å². The van der Waals surface area contributed by atoms with Gasteiger partial charge in [0.25, 0.3) is 0 Å². The second-order valence-electron chi connectivity index (χ2n) is 4.42. The van der Waals surface area contributed by atoms with Crippen molar-refractivity contribution in [2.45, 2.75) is 20.8 Å². The van der Waals surface area contributed by atoms with E-state index in [1.54, 1.807) is 0 Å². The highest BCUT2D eigenvalue weighted by molar-refractivity contribution is 5.70. The van der Waals surface area contributed by atoms with E-state index in [0.29, 0.717) is 0 Å². The second-order valence-corrected chi connectivity index (χ2v) is 4.42. The van der Waals surface area contributed by atoms with Gasteiger partial charge in [0.2, 0.25) is 0 Å². The largest absolute Gasteiger partial charge is 0.0622 e. The third kappa shape index (κ3) is 2.16. The zero-order valence-corrected chi connectivity index (χ0v) is 10.1. The van der Waals surface area contributed by atoms with E-state index in [1.807, 2.05) is 0 Å². The number of aryl methyl sites for hydroxylation is 1. The summed E-state index contributed by atoms with van der Waals surface area (Å²) in [7, 11) is 0. The van der Waals surface area contributed by atoms with Crippen molar-refractivity contribution in [2.75, 3.05) is 0 Å². The van der Waals surface area contributed by atoms with Gasteiger partial charge in [-0.2, -0.15) is 0 Å². The van der Waals surface area contributed by atoms with E-state index in [9.17, 15) is 0 Å². The van der Waals surface area contributed by atoms with Crippen molar-refractivity contribution < 1.29 is 0 Å². The summed E-state index contributed by atoms with van der Waals surface area (Å²) in [6, 6.07) is 17.2. The molecule has 2 rings (SSSR count). The lowest BCUT2D eigenvalue weighted by Gasteiger charge is -2.13. The quantitative estimate of drug-likeness (QED) is 0.676. The number of hydrogen-bond donors (Lipinski definition) is 0. The molecule has 0 aromatic heterocycles. The summed E-state index contributed by atoms with van der Waals surface area (Å²) in [5.74, 6) is 1.36. The summed E-state index contributed by atoms with van der Waals surface area (Å²) in [6.45, 7) is 6.47. The Kier molecular flexibility index (Phi) is 3.09. The Bertz CT molecular complexity index is 467. The van der Waals surface area contributed by atoms with Crippen LogP contribution >= 0.6 is 0 Å². The molecular weight excluding hydrogens is 192 g/mol. The molecule has 2 aromatic rings. The fourth-order valence-electron chi connectivity index (χ4n) is 1.95. The van der Waals surface area contributed by atoms with Gasteiger partial charge in [-0.25, -0.2) is 0 Å². The molecule has 0 unspecified atom stereocenters. The molecule has 0 amide bonds. The summed E-state index contributed by atoms with van der Waals surface area (Å²) in [4.78, 5) is 0. The average molecular weight is 209 g/mol. The van der Waals surface area contributed by atoms with E-state index in [1.165, 1.54) is 28.2 Å². The normalized spacial score (nSPS) is 10.8. The van der Waals surface area contributed by atoms with Gasteiger partial charge in [-0.05, 0) is 29.5 Å². The summed E-state index contributed by atoms with van der Waals surface area (Å²) in [6.07, 6.45) is 0. The van der Waals surface area contributed by atoms with Crippen molar-refractivity contribution in [3.05, 3.63) is 65.6 Å². The van der Waals surface area contributed by atoms with E-state index < -0.39 is 0 Å². The van der Waals surface area contributed by atoms with Gasteiger partial charge in [0.05, 0.1) is 0 Å². The molecule has 0 aliphatic carbocycles. The molecule has 0 saturated heterocycles. The number of benzene rings is 2. The first kappa shape index (κ1) is 10.9. The fraction of sp³-hybridized carbons (Fsp3) is 0.188. The molecule has 16 heavy (non-hydrogen) atoms. The third-order valence-electron chi connectivity index (χ3n) is 2.80. The van der Waals surface area contributed by atoms with Crippen molar-refractivity contribution in [3.8, 4) is 11.1 Å². The van der Waals surface area contributed by atoms with Gasteiger partial charge in [-0.3, -0.25) is 0 Å². The highest BCUT2D eigenvalue weighted by Crippen LogP contribution is 2.29. The van der Waals surface area contributed by atoms with Gasteiger partial charge in [0, 0.05) is 0 Å². The van der Waals surface area contributed by atoms with Crippen LogP contribution in [0.5, 0.6) is 0 Å². The minimum Gasteiger partial charge on any atom is -0.0622 e. The highest BCUT2D eigenvalue weighted by atomic mass is 14.1. The molecule has 0 aliphatic heterocycles. The molecule has 0 atom stereocenters. The minimum atomic E-state index is 1.29. The number of rotatable bonds is 2. The van der Waals surface area contributed by atoms with Crippen molar-refractivity contribution >= 4 is 0 Å². The van der Waals surface area contributed by atoms with Gasteiger partial charge in [0.15, 0.2) is 0 Å². The van der Waals surface area contributed by atoms with Crippen LogP contribution < -0.4 is 0 Å². The molecule has 0 spiro atoms. The van der Waals surface area contributed by atoms with Crippen LogP contribution in [0.3, 0.4) is 0 Å². The van der Waals surface area contributed by atoms with Gasteiger partial charge < -0.3 is 0 Å². The maximum Gasteiger partial charge on any atom is -0.000568 e. The first-order chi connectivity index (χ1) is 7.68. The van der Waals surface area contributed by atoms with Gasteiger partial charge in [0.1, 0.15) is 0 Å². The lowest BCUT2D eigenvalue weighted by Crippen LogP contribution is -1.93. The molecule has 0 bridgehead atoms. The molecule has 0 aliphatic rings. The van der Waals surface area contributed by atoms with E-state index in [2.05, 4.69) is 69.3 Å². The molecule has 2 aromatic carbocycles. The molecule has 0 fully saturated rings. The molecular formula is C16H17. The van der Waals surface area contributed by atoms with Crippen molar-refractivity contribution in [1.82, 2.24) is 0 Å². The lowest BCUT2D eigenvalue weighted by atomic mass is 9.91. The van der Waals surface area contributed by atoms with Gasteiger partial charge >= 0.3 is 0 Å². The summed E-state index contributed by atoms with van der Waals surface area (Å²) < 4.78 is 0. The first-order valence-electron chi connectivity index (χ1n) is 5.65. The van der Waals surface area contributed by atoms with E-state index >= 15 is 0 Å². The Morgan fingerprint density at radius 1 is 0.875 bits per heavy atom. The minimum absolute atomic E-state index is 1.29. The van der Waals surface area contributed by atoms with Crippen molar-refractivity contribution in [3.63, 3.8) is 0 Å². The van der Waals surface area contributed by atoms with E-state index in [-0.39, 0.29) is 0 Å². The maximum absolute atomic E-state index is 2.26. The van der Waals surface area contributed by atoms with Crippen LogP contribution in [0.2, 0.25) is 0 Å². The van der Waals surface area contributed by atoms with Crippen LogP contribution in [0.25, 0.3) is 11.1 Å². The topological polar surface area (TPSA) is 0 Å². The zero-order valence-electron chi connectivity index (χ0n) is 10.1. The predicted molar refractivity (Wildman–Crippen MR) is 70.3 cm³/mol. The SMILES string of the molecule is C[C](C)c1ccc(C)cc1-c1ccccc1. The van der Waals surface area contributed by atoms with Gasteiger partial charge in [-0.1, -0.05) is 67.9 Å². The maximum atomic E-state index is 2.26. The van der Waals surface area contributed by atoms with Crippen LogP contribution in [0.1, 0.15) is 25.0 Å². The average Bonchev–Trinajstić information content (AvgIpc) is 2.29. The molecule has 81 valence electrons. The first-order valence-corrected chi connectivity index (χ1v) is 5.65. The molecule has 0 heteroatoms. The van der Waals surface area contributed by atoms with Crippen LogP contribution in [0.15, 0.2) is 48.5 Å². The van der Waals surface area contributed by atoms with Crippen LogP contribution in [-0.4, -0.2) is 0 Å². The summed E-state index contributed by atoms with van der Waals surface area (Å²) in [5, 5.41) is 0. The second kappa shape index (κ2) is 4.52. The van der Waals surface area contributed by atoms with Crippen molar-refractivity contribution in [1.29, 1.82) is 0 Å². The van der Waals surface area contributed by atoms with Crippen molar-refractivity contribution in [2.24, 2.45) is 0 Å². The van der Waals surface area contributed by atoms with Crippen LogP contribution in [0.4, 0.5) is 0 Å². The molecule has 1 radical (unpaired) electrons.